The summed E-state index contributed by atoms with van der Waals surface area (Å²) in [4.78, 5) is 0. The Labute approximate surface area is 139 Å². The van der Waals surface area contributed by atoms with Crippen molar-refractivity contribution >= 4 is 27.0 Å². The molecule has 0 heterocycles. The molecule has 2 nitrogen and oxygen atoms in total. The molecule has 0 spiro atoms. The van der Waals surface area contributed by atoms with Crippen molar-refractivity contribution in [3.63, 3.8) is 0 Å². The van der Waals surface area contributed by atoms with Crippen LogP contribution in [0.1, 0.15) is 60.3 Å². The lowest BCUT2D eigenvalue weighted by atomic mass is 10.4. The minimum atomic E-state index is -1.98. The molecule has 0 aliphatic carbocycles. The normalized spacial score (nSPS) is 12.9. The van der Waals surface area contributed by atoms with E-state index in [9.17, 15) is 0 Å². The molecule has 0 rings (SSSR count). The Bertz CT molecular complexity index is 230. The smallest absolute Gasteiger partial charge is 0.344 e. The molecule has 0 radical (unpaired) electrons. The predicted octanol–water partition coefficient (Wildman–Crippen LogP) is 5.97. The number of hydrogen-bond donors (Lipinski definition) is 0. The number of unbranched alkanes of at least 4 members (excludes halogenated alkanes) is 2. The Hall–Kier alpha value is 0.704. The Kier molecular flexibility index (Phi) is 12.6. The van der Waals surface area contributed by atoms with Crippen molar-refractivity contribution in [2.45, 2.75) is 85.0 Å². The summed E-state index contributed by atoms with van der Waals surface area (Å²) in [6.45, 7) is 15.6. The third-order valence-electron chi connectivity index (χ3n) is 4.38. The summed E-state index contributed by atoms with van der Waals surface area (Å²) >= 11 is 2.24. The standard InChI is InChI=1S/C16H38O2SSi2/c1-7-12-14-17-20(6,18-15-13-8-2)16-19-21(9-3,10-4)11-5/h7-16H2,1-6H3. The van der Waals surface area contributed by atoms with E-state index in [1.54, 1.807) is 0 Å². The molecule has 0 amide bonds. The third kappa shape index (κ3) is 8.79. The maximum atomic E-state index is 6.26. The van der Waals surface area contributed by atoms with Crippen LogP contribution in [-0.4, -0.2) is 34.4 Å². The van der Waals surface area contributed by atoms with Gasteiger partial charge in [0, 0.05) is 18.6 Å². The van der Waals surface area contributed by atoms with Crippen molar-refractivity contribution < 1.29 is 8.85 Å². The highest BCUT2D eigenvalue weighted by atomic mass is 32.4. The van der Waals surface area contributed by atoms with Gasteiger partial charge in [-0.25, -0.2) is 0 Å². The molecule has 0 bridgehead atoms. The van der Waals surface area contributed by atoms with E-state index in [1.165, 1.54) is 31.0 Å². The van der Waals surface area contributed by atoms with E-state index < -0.39 is 15.8 Å². The van der Waals surface area contributed by atoms with Crippen molar-refractivity contribution in [1.29, 1.82) is 0 Å². The quantitative estimate of drug-likeness (QED) is 0.284. The predicted molar refractivity (Wildman–Crippen MR) is 103 cm³/mol. The first-order valence-corrected chi connectivity index (χ1v) is 15.8. The van der Waals surface area contributed by atoms with Crippen molar-refractivity contribution in [3.8, 4) is 0 Å². The average Bonchev–Trinajstić information content (AvgIpc) is 2.50. The van der Waals surface area contributed by atoms with Crippen LogP contribution in [0.2, 0.25) is 24.7 Å². The van der Waals surface area contributed by atoms with Crippen molar-refractivity contribution in [1.82, 2.24) is 0 Å². The molecule has 0 fully saturated rings. The maximum absolute atomic E-state index is 6.26. The molecule has 0 unspecified atom stereocenters. The lowest BCUT2D eigenvalue weighted by molar-refractivity contribution is 0.174. The molecule has 0 N–H and O–H groups in total. The fourth-order valence-corrected chi connectivity index (χ4v) is 15.6. The number of rotatable bonds is 14. The van der Waals surface area contributed by atoms with Crippen LogP contribution >= 0.6 is 11.2 Å². The van der Waals surface area contributed by atoms with Crippen LogP contribution in [0.15, 0.2) is 0 Å². The van der Waals surface area contributed by atoms with Crippen LogP contribution < -0.4 is 0 Å². The second-order valence-electron chi connectivity index (χ2n) is 6.07. The summed E-state index contributed by atoms with van der Waals surface area (Å²) in [7, 11) is -3.12. The van der Waals surface area contributed by atoms with Crippen LogP contribution in [0.4, 0.5) is 0 Å². The SMILES string of the molecule is CCCCO[Si](C)(CS[Si](CC)(CC)CC)OCCCC. The molecular weight excluding hydrogens is 312 g/mol. The summed E-state index contributed by atoms with van der Waals surface area (Å²) in [5.74, 6) is 0. The molecule has 0 aliphatic heterocycles. The second kappa shape index (κ2) is 12.2. The van der Waals surface area contributed by atoms with E-state index >= 15 is 0 Å². The van der Waals surface area contributed by atoms with Gasteiger partial charge >= 0.3 is 8.56 Å². The first kappa shape index (κ1) is 21.7. The molecule has 21 heavy (non-hydrogen) atoms. The molecule has 0 aliphatic rings. The lowest BCUT2D eigenvalue weighted by Crippen LogP contribution is -2.45. The zero-order chi connectivity index (χ0) is 16.2. The largest absolute Gasteiger partial charge is 0.394 e. The van der Waals surface area contributed by atoms with Crippen LogP contribution in [0, 0.1) is 0 Å². The highest BCUT2D eigenvalue weighted by Crippen LogP contribution is 2.34. The number of hydrogen-bond acceptors (Lipinski definition) is 3. The van der Waals surface area contributed by atoms with Gasteiger partial charge < -0.3 is 8.85 Å². The molecule has 0 aromatic carbocycles. The van der Waals surface area contributed by atoms with Crippen LogP contribution in [0.3, 0.4) is 0 Å². The minimum Gasteiger partial charge on any atom is -0.394 e. The van der Waals surface area contributed by atoms with Gasteiger partial charge in [-0.3, -0.25) is 0 Å². The monoisotopic (exact) mass is 350 g/mol. The molecule has 5 heteroatoms. The average molecular weight is 351 g/mol. The van der Waals surface area contributed by atoms with Gasteiger partial charge in [-0.2, -0.15) is 11.2 Å². The first-order chi connectivity index (χ1) is 10.0. The molecule has 0 aromatic rings. The molecule has 0 atom stereocenters. The lowest BCUT2D eigenvalue weighted by Gasteiger charge is -2.33. The van der Waals surface area contributed by atoms with Crippen LogP contribution in [0.25, 0.3) is 0 Å². The Morgan fingerprint density at radius 2 is 1.19 bits per heavy atom. The highest BCUT2D eigenvalue weighted by molar-refractivity contribution is 8.29. The van der Waals surface area contributed by atoms with Crippen LogP contribution in [0.5, 0.6) is 0 Å². The van der Waals surface area contributed by atoms with Crippen LogP contribution in [-0.2, 0) is 8.85 Å². The van der Waals surface area contributed by atoms with Gasteiger partial charge in [0.1, 0.15) is 7.22 Å². The van der Waals surface area contributed by atoms with Gasteiger partial charge in [-0.15, -0.1) is 0 Å². The Morgan fingerprint density at radius 1 is 0.762 bits per heavy atom. The van der Waals surface area contributed by atoms with Crippen molar-refractivity contribution in [2.75, 3.05) is 18.6 Å². The Morgan fingerprint density at radius 3 is 1.52 bits per heavy atom. The second-order valence-corrected chi connectivity index (χ2v) is 18.3. The first-order valence-electron chi connectivity index (χ1n) is 8.93. The third-order valence-corrected chi connectivity index (χ3v) is 18.9. The highest BCUT2D eigenvalue weighted by Gasteiger charge is 2.37. The maximum Gasteiger partial charge on any atom is 0.344 e. The molecule has 0 saturated heterocycles. The van der Waals surface area contributed by atoms with E-state index in [-0.39, 0.29) is 0 Å². The van der Waals surface area contributed by atoms with E-state index in [4.69, 9.17) is 8.85 Å². The van der Waals surface area contributed by atoms with Gasteiger partial charge in [0.15, 0.2) is 0 Å². The zero-order valence-corrected chi connectivity index (χ0v) is 18.1. The van der Waals surface area contributed by atoms with E-state index in [2.05, 4.69) is 52.4 Å². The topological polar surface area (TPSA) is 18.5 Å². The van der Waals surface area contributed by atoms with E-state index in [0.717, 1.165) is 31.4 Å². The molecule has 0 saturated carbocycles. The molecular formula is C16H38O2SSi2. The van der Waals surface area contributed by atoms with Crippen molar-refractivity contribution in [2.24, 2.45) is 0 Å². The molecule has 128 valence electrons. The van der Waals surface area contributed by atoms with E-state index in [0.29, 0.717) is 0 Å². The minimum absolute atomic E-state index is 0.880. The van der Waals surface area contributed by atoms with Gasteiger partial charge in [0.2, 0.25) is 0 Å². The molecule has 0 aromatic heterocycles. The Balaban J connectivity index is 4.55. The fraction of sp³-hybridized carbons (Fsp3) is 1.00. The fourth-order valence-electron chi connectivity index (χ4n) is 2.33. The van der Waals surface area contributed by atoms with Gasteiger partial charge in [-0.05, 0) is 19.4 Å². The summed E-state index contributed by atoms with van der Waals surface area (Å²) in [5, 5.41) is 1.13. The van der Waals surface area contributed by atoms with Crippen molar-refractivity contribution in [3.05, 3.63) is 0 Å². The van der Waals surface area contributed by atoms with Gasteiger partial charge in [0.05, 0.1) is 0 Å². The zero-order valence-electron chi connectivity index (χ0n) is 15.3. The summed E-state index contributed by atoms with van der Waals surface area (Å²) in [6.07, 6.45) is 4.71. The van der Waals surface area contributed by atoms with E-state index in [1.807, 2.05) is 0 Å². The summed E-state index contributed by atoms with van der Waals surface area (Å²) in [6, 6.07) is 4.12. The summed E-state index contributed by atoms with van der Waals surface area (Å²) < 4.78 is 12.5. The van der Waals surface area contributed by atoms with Gasteiger partial charge in [0.25, 0.3) is 0 Å². The van der Waals surface area contributed by atoms with Gasteiger partial charge in [-0.1, -0.05) is 65.6 Å². The summed E-state index contributed by atoms with van der Waals surface area (Å²) in [5.41, 5.74) is 0.